The Morgan fingerprint density at radius 1 is 0.359 bits per heavy atom. The highest BCUT2D eigenvalue weighted by Crippen LogP contribution is 2.38. The molecule has 0 aromatic heterocycles. The number of piperidine rings is 3. The lowest BCUT2D eigenvalue weighted by molar-refractivity contribution is 0.249. The van der Waals surface area contributed by atoms with Gasteiger partial charge in [-0.2, -0.15) is 12.9 Å². The number of sulfonamides is 3. The normalized spacial score (nSPS) is 34.2. The fraction of sp³-hybridized carbons (Fsp3) is 1.00. The van der Waals surface area contributed by atoms with Crippen molar-refractivity contribution in [3.05, 3.63) is 0 Å². The van der Waals surface area contributed by atoms with Gasteiger partial charge in [-0.15, -0.1) is 0 Å². The minimum atomic E-state index is -2.93. The van der Waals surface area contributed by atoms with Crippen LogP contribution in [0, 0.1) is 0 Å². The van der Waals surface area contributed by atoms with E-state index in [1.54, 1.807) is 12.9 Å². The van der Waals surface area contributed by atoms with Crippen molar-refractivity contribution in [2.24, 2.45) is 0 Å². The molecule has 219 valence electrons. The lowest BCUT2D eigenvalue weighted by Crippen LogP contribution is -2.43. The summed E-state index contributed by atoms with van der Waals surface area (Å²) in [7, 11) is -8.79. The van der Waals surface area contributed by atoms with Gasteiger partial charge in [0.25, 0.3) is 0 Å². The van der Waals surface area contributed by atoms with Gasteiger partial charge in [-0.05, 0) is 77.0 Å². The van der Waals surface area contributed by atoms with Crippen LogP contribution in [0.1, 0.15) is 96.3 Å². The number of rotatable bonds is 3. The van der Waals surface area contributed by atoms with E-state index in [0.717, 1.165) is 77.0 Å². The smallest absolute Gasteiger partial charge is 0.211 e. The van der Waals surface area contributed by atoms with Crippen LogP contribution in [0.2, 0.25) is 0 Å². The van der Waals surface area contributed by atoms with Crippen molar-refractivity contribution in [3.8, 4) is 0 Å². The van der Waals surface area contributed by atoms with Gasteiger partial charge in [0, 0.05) is 61.5 Å². The molecule has 6 atom stereocenters. The van der Waals surface area contributed by atoms with Crippen LogP contribution in [-0.4, -0.2) is 118 Å². The molecule has 0 aromatic carbocycles. The minimum absolute atomic E-state index is 0. The Morgan fingerprint density at radius 2 is 0.513 bits per heavy atom. The molecule has 6 unspecified atom stereocenters. The van der Waals surface area contributed by atoms with Crippen molar-refractivity contribution in [2.75, 3.05) is 18.8 Å². The highest BCUT2D eigenvalue weighted by atomic mass is 32.2. The molecule has 6 fully saturated rings. The zero-order valence-electron chi connectivity index (χ0n) is 23.8. The Kier molecular flexibility index (Phi) is 13.6. The summed E-state index contributed by atoms with van der Waals surface area (Å²) in [6.45, 7) is 0. The molecule has 0 spiro atoms. The second kappa shape index (κ2) is 14.4. The molecule has 0 N–H and O–H groups in total. The highest BCUT2D eigenvalue weighted by Gasteiger charge is 2.43. The van der Waals surface area contributed by atoms with Gasteiger partial charge < -0.3 is 0 Å². The van der Waals surface area contributed by atoms with Crippen LogP contribution in [0.5, 0.6) is 0 Å². The molecule has 6 rings (SSSR count). The number of nitrogens with zero attached hydrogens (tertiary/aromatic N) is 3. The van der Waals surface area contributed by atoms with E-state index in [9.17, 15) is 25.3 Å². The summed E-state index contributed by atoms with van der Waals surface area (Å²) in [6.07, 6.45) is 20.6. The van der Waals surface area contributed by atoms with Crippen LogP contribution in [0.25, 0.3) is 0 Å². The van der Waals surface area contributed by atoms with E-state index in [0.29, 0.717) is 36.3 Å². The molecule has 6 aliphatic heterocycles. The van der Waals surface area contributed by atoms with Crippen LogP contribution < -0.4 is 0 Å². The van der Waals surface area contributed by atoms with Gasteiger partial charge >= 0.3 is 0 Å². The first-order chi connectivity index (χ1) is 16.8. The quantitative estimate of drug-likeness (QED) is 0.457. The fourth-order valence-corrected chi connectivity index (χ4v) is 12.3. The van der Waals surface area contributed by atoms with E-state index in [1.807, 2.05) is 0 Å². The molecule has 15 heteroatoms. The second-order valence-corrected chi connectivity index (χ2v) is 17.4. The van der Waals surface area contributed by atoms with E-state index in [-0.39, 0.29) is 25.2 Å². The first-order valence-corrected chi connectivity index (χ1v) is 19.3. The topological polar surface area (TPSA) is 112 Å². The molecule has 0 aliphatic carbocycles. The van der Waals surface area contributed by atoms with Crippen molar-refractivity contribution in [3.63, 3.8) is 0 Å². The lowest BCUT2D eigenvalue weighted by Gasteiger charge is -2.32. The van der Waals surface area contributed by atoms with Crippen LogP contribution >= 0.6 is 0 Å². The monoisotopic (exact) mass is 600 g/mol. The summed E-state index contributed by atoms with van der Waals surface area (Å²) in [4.78, 5) is 0. The molecule has 6 aliphatic rings. The number of hydrogen-bond donors (Lipinski definition) is 0. The van der Waals surface area contributed by atoms with Crippen molar-refractivity contribution < 1.29 is 25.3 Å². The van der Waals surface area contributed by atoms with E-state index in [1.165, 1.54) is 38.0 Å². The fourth-order valence-electron chi connectivity index (χ4n) is 7.83. The summed E-state index contributed by atoms with van der Waals surface area (Å²) in [6, 6.07) is 1.99. The van der Waals surface area contributed by atoms with E-state index < -0.39 is 30.1 Å². The van der Waals surface area contributed by atoms with Gasteiger partial charge in [0.1, 0.15) is 0 Å². The maximum atomic E-state index is 11.4. The van der Waals surface area contributed by atoms with E-state index >= 15 is 0 Å². The molecule has 0 saturated carbocycles. The third-order valence-electron chi connectivity index (χ3n) is 9.03. The molecule has 9 radical (unpaired) electrons. The van der Waals surface area contributed by atoms with Crippen LogP contribution in [0.15, 0.2) is 0 Å². The first-order valence-electron chi connectivity index (χ1n) is 13.7. The van der Waals surface area contributed by atoms with Gasteiger partial charge in [0.15, 0.2) is 0 Å². The van der Waals surface area contributed by atoms with Gasteiger partial charge in [0.05, 0.1) is 18.8 Å². The van der Waals surface area contributed by atoms with Crippen LogP contribution in [-0.2, 0) is 30.1 Å². The summed E-state index contributed by atoms with van der Waals surface area (Å²) >= 11 is 0. The number of fused-ring (bicyclic) bond motifs is 6. The Hall–Kier alpha value is -0.0752. The van der Waals surface area contributed by atoms with Crippen molar-refractivity contribution in [1.82, 2.24) is 12.9 Å². The average molecular weight is 600 g/mol. The third kappa shape index (κ3) is 8.72. The van der Waals surface area contributed by atoms with Gasteiger partial charge in [0.2, 0.25) is 30.1 Å². The van der Waals surface area contributed by atoms with Crippen molar-refractivity contribution in [2.45, 2.75) is 133 Å². The Labute approximate surface area is 244 Å². The van der Waals surface area contributed by atoms with E-state index in [4.69, 9.17) is 0 Å². The maximum absolute atomic E-state index is 11.4. The molecule has 0 amide bonds. The molecular weight excluding hydrogens is 555 g/mol. The molecule has 0 aromatic rings. The minimum Gasteiger partial charge on any atom is -0.212 e. The molecular formula is C24H45B3N3O6S3. The zero-order valence-corrected chi connectivity index (χ0v) is 26.3. The first kappa shape index (κ1) is 37.0. The third-order valence-corrected chi connectivity index (χ3v) is 13.1. The van der Waals surface area contributed by atoms with Crippen LogP contribution in [0.3, 0.4) is 0 Å². The Morgan fingerprint density at radius 3 is 0.615 bits per heavy atom. The molecule has 39 heavy (non-hydrogen) atoms. The lowest BCUT2D eigenvalue weighted by atomic mass is 10.1. The standard InChI is InChI=1S/3C8H15NO2S.3B/c3*1-12(10,11)9-7-3-2-4-8(9)6-5-7;;;/h3*7-8H,2-6H2,1H3;;;. The summed E-state index contributed by atoms with van der Waals surface area (Å²) in [5.41, 5.74) is 0. The van der Waals surface area contributed by atoms with Crippen molar-refractivity contribution >= 4 is 55.3 Å². The molecule has 6 heterocycles. The van der Waals surface area contributed by atoms with Gasteiger partial charge in [-0.3, -0.25) is 0 Å². The molecule has 9 nitrogen and oxygen atoms in total. The zero-order chi connectivity index (χ0) is 26.3. The summed E-state index contributed by atoms with van der Waals surface area (Å²) < 4.78 is 73.5. The Balaban J connectivity index is 0.000000282. The predicted molar refractivity (Wildman–Crippen MR) is 159 cm³/mol. The van der Waals surface area contributed by atoms with Gasteiger partial charge in [-0.1, -0.05) is 19.3 Å². The SMILES string of the molecule is CS(=O)(=O)N1C2CCCC1CC2.CS(=O)(=O)N1C2CCCC1CC2.CS(=O)(=O)N1C2CCCC1CC2.[B].[B].[B]. The molecule has 6 bridgehead atoms. The molecule has 6 saturated heterocycles. The van der Waals surface area contributed by atoms with Gasteiger partial charge in [-0.25, -0.2) is 25.3 Å². The second-order valence-electron chi connectivity index (χ2n) is 11.7. The van der Waals surface area contributed by atoms with Crippen molar-refractivity contribution in [1.29, 1.82) is 0 Å². The number of hydrogen-bond acceptors (Lipinski definition) is 6. The summed E-state index contributed by atoms with van der Waals surface area (Å²) in [5.74, 6) is 0. The summed E-state index contributed by atoms with van der Waals surface area (Å²) in [5, 5.41) is 0. The predicted octanol–water partition coefficient (Wildman–Crippen LogP) is 1.75. The highest BCUT2D eigenvalue weighted by molar-refractivity contribution is 7.88. The maximum Gasteiger partial charge on any atom is 0.211 e. The average Bonchev–Trinajstić information content (AvgIpc) is 3.32. The van der Waals surface area contributed by atoms with E-state index in [2.05, 4.69) is 0 Å². The van der Waals surface area contributed by atoms with Crippen LogP contribution in [0.4, 0.5) is 0 Å². The largest absolute Gasteiger partial charge is 0.212 e. The Bertz CT molecular complexity index is 923.